The highest BCUT2D eigenvalue weighted by Gasteiger charge is 2.26. The first-order valence-corrected chi connectivity index (χ1v) is 11.3. The zero-order chi connectivity index (χ0) is 21.8. The van der Waals surface area contributed by atoms with Crippen molar-refractivity contribution >= 4 is 23.6 Å². The van der Waals surface area contributed by atoms with Crippen molar-refractivity contribution in [1.82, 2.24) is 15.4 Å². The van der Waals surface area contributed by atoms with E-state index in [0.29, 0.717) is 30.0 Å². The Morgan fingerprint density at radius 3 is 2.65 bits per heavy atom. The largest absolute Gasteiger partial charge is 0.472 e. The van der Waals surface area contributed by atoms with Gasteiger partial charge < -0.3 is 19.2 Å². The van der Waals surface area contributed by atoms with E-state index in [0.717, 1.165) is 34.8 Å². The van der Waals surface area contributed by atoms with E-state index in [1.165, 1.54) is 12.5 Å². The lowest BCUT2D eigenvalue weighted by Gasteiger charge is -2.32. The number of carbonyl (C=O) groups is 2. The fourth-order valence-corrected chi connectivity index (χ4v) is 4.90. The van der Waals surface area contributed by atoms with Crippen LogP contribution in [0.25, 0.3) is 0 Å². The SMILES string of the molecule is Cc1noc(C)c1CSc1ccccc1C(=O)NC1CCN(C(=O)c2ccoc2)CC1. The molecular weight excluding hydrogens is 414 g/mol. The second-order valence-electron chi connectivity index (χ2n) is 7.64. The molecule has 31 heavy (non-hydrogen) atoms. The normalized spacial score (nSPS) is 14.6. The molecule has 0 bridgehead atoms. The van der Waals surface area contributed by atoms with E-state index in [9.17, 15) is 9.59 Å². The van der Waals surface area contributed by atoms with Gasteiger partial charge in [0.25, 0.3) is 11.8 Å². The third-order valence-corrected chi connectivity index (χ3v) is 6.67. The Kier molecular flexibility index (Phi) is 6.46. The van der Waals surface area contributed by atoms with Gasteiger partial charge in [0.1, 0.15) is 12.0 Å². The number of likely N-dealkylation sites (tertiary alicyclic amines) is 1. The molecule has 0 atom stereocenters. The molecule has 7 nitrogen and oxygen atoms in total. The summed E-state index contributed by atoms with van der Waals surface area (Å²) in [7, 11) is 0. The molecule has 4 rings (SSSR count). The zero-order valence-electron chi connectivity index (χ0n) is 17.6. The lowest BCUT2D eigenvalue weighted by Crippen LogP contribution is -2.46. The molecule has 162 valence electrons. The highest BCUT2D eigenvalue weighted by atomic mass is 32.2. The van der Waals surface area contributed by atoms with Gasteiger partial charge in [-0.1, -0.05) is 17.3 Å². The van der Waals surface area contributed by atoms with Gasteiger partial charge in [-0.25, -0.2) is 0 Å². The van der Waals surface area contributed by atoms with E-state index >= 15 is 0 Å². The summed E-state index contributed by atoms with van der Waals surface area (Å²) in [5.41, 5.74) is 3.17. The fourth-order valence-electron chi connectivity index (χ4n) is 3.70. The Morgan fingerprint density at radius 1 is 1.19 bits per heavy atom. The van der Waals surface area contributed by atoms with E-state index in [-0.39, 0.29) is 17.9 Å². The Hall–Kier alpha value is -3.00. The van der Waals surface area contributed by atoms with E-state index < -0.39 is 0 Å². The molecule has 0 aliphatic carbocycles. The highest BCUT2D eigenvalue weighted by molar-refractivity contribution is 7.98. The molecule has 8 heteroatoms. The summed E-state index contributed by atoms with van der Waals surface area (Å²) in [6, 6.07) is 9.34. The molecule has 1 aliphatic rings. The first kappa shape index (κ1) is 21.2. The molecule has 1 saturated heterocycles. The van der Waals surface area contributed by atoms with Crippen LogP contribution < -0.4 is 5.32 Å². The maximum absolute atomic E-state index is 13.0. The van der Waals surface area contributed by atoms with Crippen LogP contribution in [0.4, 0.5) is 0 Å². The molecule has 3 aromatic rings. The second-order valence-corrected chi connectivity index (χ2v) is 8.66. The number of amides is 2. The molecule has 0 unspecified atom stereocenters. The number of nitrogens with one attached hydrogen (secondary N) is 1. The van der Waals surface area contributed by atoms with Gasteiger partial charge in [0.15, 0.2) is 0 Å². The Bertz CT molecular complexity index is 1030. The number of aryl methyl sites for hydroxylation is 2. The number of hydrogen-bond donors (Lipinski definition) is 1. The number of hydrogen-bond acceptors (Lipinski definition) is 6. The zero-order valence-corrected chi connectivity index (χ0v) is 18.4. The van der Waals surface area contributed by atoms with Crippen LogP contribution in [0.1, 0.15) is 50.6 Å². The monoisotopic (exact) mass is 439 g/mol. The number of aromatic nitrogens is 1. The molecule has 2 aromatic heterocycles. The predicted octanol–water partition coefficient (Wildman–Crippen LogP) is 4.21. The summed E-state index contributed by atoms with van der Waals surface area (Å²) >= 11 is 1.60. The van der Waals surface area contributed by atoms with Crippen molar-refractivity contribution < 1.29 is 18.5 Å². The first-order valence-electron chi connectivity index (χ1n) is 10.3. The van der Waals surface area contributed by atoms with Crippen LogP contribution in [0.15, 0.2) is 56.7 Å². The Morgan fingerprint density at radius 2 is 1.97 bits per heavy atom. The van der Waals surface area contributed by atoms with E-state index in [2.05, 4.69) is 10.5 Å². The third kappa shape index (κ3) is 4.85. The van der Waals surface area contributed by atoms with Crippen LogP contribution in [0.2, 0.25) is 0 Å². The minimum atomic E-state index is -0.0820. The molecule has 1 N–H and O–H groups in total. The molecule has 1 aromatic carbocycles. The van der Waals surface area contributed by atoms with Crippen molar-refractivity contribution in [2.45, 2.75) is 43.4 Å². The van der Waals surface area contributed by atoms with Crippen molar-refractivity contribution in [2.75, 3.05) is 13.1 Å². The van der Waals surface area contributed by atoms with Crippen LogP contribution >= 0.6 is 11.8 Å². The highest BCUT2D eigenvalue weighted by Crippen LogP contribution is 2.29. The van der Waals surface area contributed by atoms with Crippen molar-refractivity contribution in [2.24, 2.45) is 0 Å². The standard InChI is InChI=1S/C23H25N3O4S/c1-15-20(16(2)30-25-15)14-31-21-6-4-3-5-19(21)22(27)24-18-7-10-26(11-8-18)23(28)17-9-12-29-13-17/h3-6,9,12-13,18H,7-8,10-11,14H2,1-2H3,(H,24,27). The molecule has 0 spiro atoms. The second kappa shape index (κ2) is 9.43. The summed E-state index contributed by atoms with van der Waals surface area (Å²) in [5.74, 6) is 1.39. The van der Waals surface area contributed by atoms with Gasteiger partial charge in [-0.05, 0) is 44.9 Å². The predicted molar refractivity (Wildman–Crippen MR) is 117 cm³/mol. The van der Waals surface area contributed by atoms with Gasteiger partial charge >= 0.3 is 0 Å². The lowest BCUT2D eigenvalue weighted by molar-refractivity contribution is 0.0697. The van der Waals surface area contributed by atoms with Gasteiger partial charge in [-0.15, -0.1) is 11.8 Å². The smallest absolute Gasteiger partial charge is 0.257 e. The van der Waals surface area contributed by atoms with Gasteiger partial charge in [0.05, 0.1) is 23.1 Å². The number of piperidine rings is 1. The van der Waals surface area contributed by atoms with E-state index in [4.69, 9.17) is 8.94 Å². The topological polar surface area (TPSA) is 88.6 Å². The molecule has 0 radical (unpaired) electrons. The van der Waals surface area contributed by atoms with Gasteiger partial charge in [-0.2, -0.15) is 0 Å². The molecule has 0 saturated carbocycles. The molecule has 2 amide bonds. The fraction of sp³-hybridized carbons (Fsp3) is 0.348. The van der Waals surface area contributed by atoms with Crippen molar-refractivity contribution in [3.05, 3.63) is 71.0 Å². The number of carbonyl (C=O) groups excluding carboxylic acids is 2. The van der Waals surface area contributed by atoms with Crippen LogP contribution in [0.3, 0.4) is 0 Å². The summed E-state index contributed by atoms with van der Waals surface area (Å²) in [5, 5.41) is 7.14. The summed E-state index contributed by atoms with van der Waals surface area (Å²) in [6.45, 7) is 5.04. The average molecular weight is 440 g/mol. The number of rotatable bonds is 6. The van der Waals surface area contributed by atoms with Gasteiger partial charge in [-0.3, -0.25) is 9.59 Å². The van der Waals surface area contributed by atoms with E-state index in [1.807, 2.05) is 38.1 Å². The summed E-state index contributed by atoms with van der Waals surface area (Å²) in [6.07, 6.45) is 4.42. The quantitative estimate of drug-likeness (QED) is 0.579. The number of benzene rings is 1. The minimum Gasteiger partial charge on any atom is -0.472 e. The summed E-state index contributed by atoms with van der Waals surface area (Å²) in [4.78, 5) is 28.2. The Balaban J connectivity index is 1.35. The molecule has 1 aliphatic heterocycles. The number of thioether (sulfide) groups is 1. The van der Waals surface area contributed by atoms with Crippen LogP contribution in [-0.2, 0) is 5.75 Å². The molecule has 1 fully saturated rings. The minimum absolute atomic E-state index is 0.0282. The van der Waals surface area contributed by atoms with Crippen LogP contribution in [0.5, 0.6) is 0 Å². The van der Waals surface area contributed by atoms with Gasteiger partial charge in [0.2, 0.25) is 0 Å². The van der Waals surface area contributed by atoms with Crippen LogP contribution in [-0.4, -0.2) is 41.0 Å². The summed E-state index contributed by atoms with van der Waals surface area (Å²) < 4.78 is 10.2. The lowest BCUT2D eigenvalue weighted by atomic mass is 10.0. The average Bonchev–Trinajstić information content (AvgIpc) is 3.43. The van der Waals surface area contributed by atoms with Crippen LogP contribution in [0, 0.1) is 13.8 Å². The number of nitrogens with zero attached hydrogens (tertiary/aromatic N) is 2. The maximum Gasteiger partial charge on any atom is 0.257 e. The first-order chi connectivity index (χ1) is 15.0. The molecule has 3 heterocycles. The number of furan rings is 1. The van der Waals surface area contributed by atoms with E-state index in [1.54, 1.807) is 22.7 Å². The Labute approximate surface area is 185 Å². The van der Waals surface area contributed by atoms with Gasteiger partial charge in [0, 0.05) is 35.3 Å². The molecular formula is C23H25N3O4S. The van der Waals surface area contributed by atoms with Crippen molar-refractivity contribution in [3.63, 3.8) is 0 Å². The van der Waals surface area contributed by atoms with Crippen molar-refractivity contribution in [3.8, 4) is 0 Å². The maximum atomic E-state index is 13.0. The van der Waals surface area contributed by atoms with Crippen molar-refractivity contribution in [1.29, 1.82) is 0 Å². The third-order valence-electron chi connectivity index (χ3n) is 5.57.